The van der Waals surface area contributed by atoms with Crippen molar-refractivity contribution in [3.05, 3.63) is 45.7 Å². The Balaban J connectivity index is 2.02. The van der Waals surface area contributed by atoms with Crippen molar-refractivity contribution in [3.63, 3.8) is 0 Å². The largest absolute Gasteiger partial charge is 0.486 e. The maximum Gasteiger partial charge on any atom is 0.140 e. The third kappa shape index (κ3) is 3.53. The number of rotatable bonds is 3. The van der Waals surface area contributed by atoms with Crippen LogP contribution in [0.2, 0.25) is 0 Å². The predicted molar refractivity (Wildman–Crippen MR) is 76.3 cm³/mol. The van der Waals surface area contributed by atoms with E-state index >= 15 is 0 Å². The van der Waals surface area contributed by atoms with Crippen molar-refractivity contribution in [1.82, 2.24) is 4.98 Å². The molecule has 0 aliphatic carbocycles. The van der Waals surface area contributed by atoms with Gasteiger partial charge in [0.2, 0.25) is 0 Å². The quantitative estimate of drug-likeness (QED) is 0.827. The summed E-state index contributed by atoms with van der Waals surface area (Å²) < 4.78 is 18.8. The second-order valence-electron chi connectivity index (χ2n) is 5.58. The standard InChI is InChI=1S/C15H18FNOS/c1-10-7-11(5-6-12(10)16)18-8-14-17-13(9-19-14)15(2,3)4/h5-7,9H,8H2,1-4H3. The molecule has 1 aromatic heterocycles. The molecular weight excluding hydrogens is 261 g/mol. The van der Waals surface area contributed by atoms with Crippen LogP contribution in [-0.4, -0.2) is 4.98 Å². The van der Waals surface area contributed by atoms with Gasteiger partial charge in [0, 0.05) is 10.8 Å². The van der Waals surface area contributed by atoms with Gasteiger partial charge in [-0.3, -0.25) is 0 Å². The lowest BCUT2D eigenvalue weighted by atomic mass is 9.93. The highest BCUT2D eigenvalue weighted by Crippen LogP contribution is 2.25. The van der Waals surface area contributed by atoms with E-state index in [4.69, 9.17) is 4.74 Å². The Bertz CT molecular complexity index is 572. The van der Waals surface area contributed by atoms with E-state index in [9.17, 15) is 4.39 Å². The van der Waals surface area contributed by atoms with E-state index in [1.165, 1.54) is 6.07 Å². The zero-order valence-electron chi connectivity index (χ0n) is 11.7. The van der Waals surface area contributed by atoms with Gasteiger partial charge < -0.3 is 4.74 Å². The zero-order chi connectivity index (χ0) is 14.0. The number of benzene rings is 1. The van der Waals surface area contributed by atoms with Crippen molar-refractivity contribution in [3.8, 4) is 5.75 Å². The van der Waals surface area contributed by atoms with Gasteiger partial charge in [-0.2, -0.15) is 0 Å². The van der Waals surface area contributed by atoms with Crippen molar-refractivity contribution in [2.45, 2.75) is 39.7 Å². The number of hydrogen-bond acceptors (Lipinski definition) is 3. The van der Waals surface area contributed by atoms with E-state index in [-0.39, 0.29) is 11.2 Å². The number of halogens is 1. The number of nitrogens with zero attached hydrogens (tertiary/aromatic N) is 1. The van der Waals surface area contributed by atoms with Crippen molar-refractivity contribution in [2.75, 3.05) is 0 Å². The van der Waals surface area contributed by atoms with Gasteiger partial charge in [0.15, 0.2) is 0 Å². The van der Waals surface area contributed by atoms with Crippen LogP contribution in [-0.2, 0) is 12.0 Å². The molecule has 0 radical (unpaired) electrons. The van der Waals surface area contributed by atoms with Gasteiger partial charge in [-0.1, -0.05) is 20.8 Å². The summed E-state index contributed by atoms with van der Waals surface area (Å²) >= 11 is 1.59. The molecule has 0 spiro atoms. The van der Waals surface area contributed by atoms with Gasteiger partial charge in [0.05, 0.1) is 5.69 Å². The van der Waals surface area contributed by atoms with Crippen LogP contribution in [0.1, 0.15) is 37.0 Å². The summed E-state index contributed by atoms with van der Waals surface area (Å²) in [5, 5.41) is 3.00. The normalized spacial score (nSPS) is 11.6. The number of thiazole rings is 1. The smallest absolute Gasteiger partial charge is 0.140 e. The van der Waals surface area contributed by atoms with Crippen LogP contribution < -0.4 is 4.74 Å². The van der Waals surface area contributed by atoms with Crippen molar-refractivity contribution >= 4 is 11.3 Å². The van der Waals surface area contributed by atoms with Crippen LogP contribution in [0.3, 0.4) is 0 Å². The number of hydrogen-bond donors (Lipinski definition) is 0. The van der Waals surface area contributed by atoms with Crippen molar-refractivity contribution in [2.24, 2.45) is 0 Å². The lowest BCUT2D eigenvalue weighted by molar-refractivity contribution is 0.304. The molecule has 0 saturated carbocycles. The van der Waals surface area contributed by atoms with Gasteiger partial charge in [0.1, 0.15) is 23.2 Å². The first-order valence-electron chi connectivity index (χ1n) is 6.20. The molecule has 2 aromatic rings. The Kier molecular flexibility index (Phi) is 3.90. The lowest BCUT2D eigenvalue weighted by Crippen LogP contribution is -2.11. The van der Waals surface area contributed by atoms with Gasteiger partial charge in [-0.15, -0.1) is 11.3 Å². The minimum Gasteiger partial charge on any atom is -0.486 e. The predicted octanol–water partition coefficient (Wildman–Crippen LogP) is 4.47. The van der Waals surface area contributed by atoms with E-state index in [1.807, 2.05) is 0 Å². The fourth-order valence-corrected chi connectivity index (χ4v) is 2.51. The Hall–Kier alpha value is -1.42. The lowest BCUT2D eigenvalue weighted by Gasteiger charge is -2.14. The molecule has 0 atom stereocenters. The molecule has 1 heterocycles. The van der Waals surface area contributed by atoms with Gasteiger partial charge >= 0.3 is 0 Å². The molecule has 0 aliphatic heterocycles. The first-order valence-corrected chi connectivity index (χ1v) is 7.08. The molecule has 0 fully saturated rings. The minimum absolute atomic E-state index is 0.0568. The van der Waals surface area contributed by atoms with Crippen LogP contribution in [0.5, 0.6) is 5.75 Å². The summed E-state index contributed by atoms with van der Waals surface area (Å²) in [6, 6.07) is 4.77. The Morgan fingerprint density at radius 1 is 1.32 bits per heavy atom. The van der Waals surface area contributed by atoms with Crippen molar-refractivity contribution < 1.29 is 9.13 Å². The van der Waals surface area contributed by atoms with Crippen LogP contribution in [0.4, 0.5) is 4.39 Å². The highest BCUT2D eigenvalue weighted by molar-refractivity contribution is 7.09. The van der Waals surface area contributed by atoms with E-state index in [0.717, 1.165) is 10.7 Å². The summed E-state index contributed by atoms with van der Waals surface area (Å²) in [5.74, 6) is 0.461. The van der Waals surface area contributed by atoms with Gasteiger partial charge in [0.25, 0.3) is 0 Å². The molecule has 0 amide bonds. The SMILES string of the molecule is Cc1cc(OCc2nc(C(C)(C)C)cs2)ccc1F. The Morgan fingerprint density at radius 3 is 2.63 bits per heavy atom. The molecule has 0 unspecified atom stereocenters. The summed E-state index contributed by atoms with van der Waals surface area (Å²) in [6.45, 7) is 8.55. The molecule has 0 N–H and O–H groups in total. The van der Waals surface area contributed by atoms with Crippen LogP contribution in [0.25, 0.3) is 0 Å². The first kappa shape index (κ1) is 14.0. The monoisotopic (exact) mass is 279 g/mol. The van der Waals surface area contributed by atoms with Crippen LogP contribution in [0, 0.1) is 12.7 Å². The fraction of sp³-hybridized carbons (Fsp3) is 0.400. The Morgan fingerprint density at radius 2 is 2.05 bits per heavy atom. The second kappa shape index (κ2) is 5.29. The highest BCUT2D eigenvalue weighted by atomic mass is 32.1. The summed E-state index contributed by atoms with van der Waals surface area (Å²) in [6.07, 6.45) is 0. The first-order chi connectivity index (χ1) is 8.86. The van der Waals surface area contributed by atoms with E-state index < -0.39 is 0 Å². The van der Waals surface area contributed by atoms with E-state index in [0.29, 0.717) is 17.9 Å². The molecular formula is C15H18FNOS. The highest BCUT2D eigenvalue weighted by Gasteiger charge is 2.17. The van der Waals surface area contributed by atoms with Gasteiger partial charge in [-0.05, 0) is 30.7 Å². The van der Waals surface area contributed by atoms with Gasteiger partial charge in [-0.25, -0.2) is 9.37 Å². The number of aromatic nitrogens is 1. The average Bonchev–Trinajstić information content (AvgIpc) is 2.79. The molecule has 1 aromatic carbocycles. The molecule has 2 rings (SSSR count). The average molecular weight is 279 g/mol. The van der Waals surface area contributed by atoms with E-state index in [2.05, 4.69) is 31.1 Å². The molecule has 0 aliphatic rings. The molecule has 0 saturated heterocycles. The third-order valence-corrected chi connectivity index (χ3v) is 3.63. The van der Waals surface area contributed by atoms with Crippen LogP contribution >= 0.6 is 11.3 Å². The van der Waals surface area contributed by atoms with Crippen molar-refractivity contribution in [1.29, 1.82) is 0 Å². The molecule has 2 nitrogen and oxygen atoms in total. The van der Waals surface area contributed by atoms with E-state index in [1.54, 1.807) is 30.4 Å². The number of ether oxygens (including phenoxy) is 1. The topological polar surface area (TPSA) is 22.1 Å². The van der Waals surface area contributed by atoms with Crippen LogP contribution in [0.15, 0.2) is 23.6 Å². The second-order valence-corrected chi connectivity index (χ2v) is 6.52. The summed E-state index contributed by atoms with van der Waals surface area (Å²) in [7, 11) is 0. The summed E-state index contributed by atoms with van der Waals surface area (Å²) in [4.78, 5) is 4.56. The fourth-order valence-electron chi connectivity index (χ4n) is 1.57. The minimum atomic E-state index is -0.211. The summed E-state index contributed by atoms with van der Waals surface area (Å²) in [5.41, 5.74) is 1.72. The maximum absolute atomic E-state index is 13.1. The maximum atomic E-state index is 13.1. The zero-order valence-corrected chi connectivity index (χ0v) is 12.5. The Labute approximate surface area is 117 Å². The molecule has 19 heavy (non-hydrogen) atoms. The molecule has 102 valence electrons. The third-order valence-electron chi connectivity index (χ3n) is 2.81. The number of aryl methyl sites for hydroxylation is 1. The molecule has 4 heteroatoms. The molecule has 0 bridgehead atoms.